The van der Waals surface area contributed by atoms with Crippen LogP contribution in [0.25, 0.3) is 0 Å². The minimum atomic E-state index is -0.744. The van der Waals surface area contributed by atoms with E-state index in [1.807, 2.05) is 0 Å². The van der Waals surface area contributed by atoms with Crippen molar-refractivity contribution in [2.75, 3.05) is 7.11 Å². The molecule has 0 radical (unpaired) electrons. The zero-order valence-electron chi connectivity index (χ0n) is 9.23. The Bertz CT molecular complexity index is 188. The maximum atomic E-state index is 11.2. The van der Waals surface area contributed by atoms with Gasteiger partial charge in [-0.3, -0.25) is 0 Å². The van der Waals surface area contributed by atoms with E-state index in [-0.39, 0.29) is 6.10 Å². The average Bonchev–Trinajstić information content (AvgIpc) is 2.19. The summed E-state index contributed by atoms with van der Waals surface area (Å²) in [7, 11) is 1.35. The van der Waals surface area contributed by atoms with Crippen LogP contribution in [0.5, 0.6) is 0 Å². The van der Waals surface area contributed by atoms with E-state index in [0.717, 1.165) is 25.7 Å². The summed E-state index contributed by atoms with van der Waals surface area (Å²) in [6.45, 7) is 1.56. The highest BCUT2D eigenvalue weighted by Crippen LogP contribution is 2.20. The van der Waals surface area contributed by atoms with Gasteiger partial charge in [-0.05, 0) is 25.7 Å². The highest BCUT2D eigenvalue weighted by molar-refractivity contribution is 5.60. The van der Waals surface area contributed by atoms with Gasteiger partial charge in [0, 0.05) is 6.92 Å². The van der Waals surface area contributed by atoms with Crippen molar-refractivity contribution in [2.24, 2.45) is 0 Å². The number of rotatable bonds is 4. The zero-order valence-corrected chi connectivity index (χ0v) is 9.23. The smallest absolute Gasteiger partial charge is 0.431 e. The largest absolute Gasteiger partial charge is 0.510 e. The topological polar surface area (TPSA) is 54.0 Å². The molecular weight excluding hydrogens is 200 g/mol. The van der Waals surface area contributed by atoms with Gasteiger partial charge in [-0.15, -0.1) is 0 Å². The van der Waals surface area contributed by atoms with Gasteiger partial charge in [0.15, 0.2) is 0 Å². The molecule has 0 N–H and O–H groups in total. The van der Waals surface area contributed by atoms with Crippen LogP contribution >= 0.6 is 0 Å². The highest BCUT2D eigenvalue weighted by atomic mass is 17.2. The van der Waals surface area contributed by atoms with Crippen molar-refractivity contribution in [1.82, 2.24) is 0 Å². The quantitative estimate of drug-likeness (QED) is 0.314. The molecule has 1 aliphatic carbocycles. The second-order valence-corrected chi connectivity index (χ2v) is 3.58. The molecule has 5 nitrogen and oxygen atoms in total. The van der Waals surface area contributed by atoms with Gasteiger partial charge >= 0.3 is 6.16 Å². The van der Waals surface area contributed by atoms with E-state index in [9.17, 15) is 4.79 Å². The maximum Gasteiger partial charge on any atom is 0.510 e. The fourth-order valence-corrected chi connectivity index (χ4v) is 1.64. The van der Waals surface area contributed by atoms with Crippen LogP contribution in [-0.4, -0.2) is 25.7 Å². The fourth-order valence-electron chi connectivity index (χ4n) is 1.64. The molecule has 1 aliphatic rings. The van der Waals surface area contributed by atoms with Crippen molar-refractivity contribution in [2.45, 2.75) is 51.4 Å². The van der Waals surface area contributed by atoms with Crippen molar-refractivity contribution in [3.8, 4) is 0 Å². The molecule has 15 heavy (non-hydrogen) atoms. The molecule has 0 amide bonds. The maximum absolute atomic E-state index is 11.2. The van der Waals surface area contributed by atoms with Crippen LogP contribution in [0, 0.1) is 0 Å². The third-order valence-corrected chi connectivity index (χ3v) is 2.31. The lowest BCUT2D eigenvalue weighted by Crippen LogP contribution is -2.25. The van der Waals surface area contributed by atoms with Gasteiger partial charge in [0.25, 0.3) is 0 Å². The van der Waals surface area contributed by atoms with E-state index < -0.39 is 12.4 Å². The summed E-state index contributed by atoms with van der Waals surface area (Å²) in [4.78, 5) is 20.2. The molecule has 1 atom stereocenters. The van der Waals surface area contributed by atoms with Crippen LogP contribution in [0.3, 0.4) is 0 Å². The van der Waals surface area contributed by atoms with Gasteiger partial charge in [-0.25, -0.2) is 9.68 Å². The Kier molecular flexibility index (Phi) is 5.42. The minimum absolute atomic E-state index is 0.000921. The SMILES string of the molecule is COOC(C)OC(=O)OC1CCCCC1. The molecule has 0 aromatic heterocycles. The van der Waals surface area contributed by atoms with Gasteiger partial charge in [0.1, 0.15) is 6.10 Å². The predicted molar refractivity (Wildman–Crippen MR) is 52.0 cm³/mol. The molecule has 0 spiro atoms. The Morgan fingerprint density at radius 3 is 2.53 bits per heavy atom. The molecule has 0 aromatic carbocycles. The molecule has 5 heteroatoms. The minimum Gasteiger partial charge on any atom is -0.431 e. The molecule has 0 aliphatic heterocycles. The first kappa shape index (κ1) is 12.3. The van der Waals surface area contributed by atoms with Crippen LogP contribution < -0.4 is 0 Å². The number of carbonyl (C=O) groups is 1. The third kappa shape index (κ3) is 4.99. The number of hydrogen-bond donors (Lipinski definition) is 0. The zero-order chi connectivity index (χ0) is 11.1. The van der Waals surface area contributed by atoms with Crippen molar-refractivity contribution < 1.29 is 24.0 Å². The van der Waals surface area contributed by atoms with Gasteiger partial charge in [-0.1, -0.05) is 6.42 Å². The average molecular weight is 218 g/mol. The third-order valence-electron chi connectivity index (χ3n) is 2.31. The molecule has 0 bridgehead atoms. The second kappa shape index (κ2) is 6.63. The molecule has 1 fully saturated rings. The second-order valence-electron chi connectivity index (χ2n) is 3.58. The molecule has 1 rings (SSSR count). The van der Waals surface area contributed by atoms with E-state index in [1.54, 1.807) is 6.92 Å². The molecule has 1 saturated carbocycles. The Labute approximate surface area is 89.6 Å². The Balaban J connectivity index is 2.16. The van der Waals surface area contributed by atoms with Gasteiger partial charge in [-0.2, -0.15) is 4.89 Å². The van der Waals surface area contributed by atoms with Gasteiger partial charge in [0.2, 0.25) is 6.29 Å². The summed E-state index contributed by atoms with van der Waals surface area (Å²) in [5.74, 6) is 0. The van der Waals surface area contributed by atoms with E-state index in [4.69, 9.17) is 9.47 Å². The first-order valence-corrected chi connectivity index (χ1v) is 5.29. The molecular formula is C10H18O5. The first-order chi connectivity index (χ1) is 7.22. The number of hydrogen-bond acceptors (Lipinski definition) is 5. The van der Waals surface area contributed by atoms with Crippen LogP contribution in [0.15, 0.2) is 0 Å². The predicted octanol–water partition coefficient (Wildman–Crippen LogP) is 2.40. The Morgan fingerprint density at radius 2 is 1.93 bits per heavy atom. The lowest BCUT2D eigenvalue weighted by Gasteiger charge is -2.22. The van der Waals surface area contributed by atoms with Crippen LogP contribution in [0.1, 0.15) is 39.0 Å². The summed E-state index contributed by atoms with van der Waals surface area (Å²) in [5.41, 5.74) is 0. The number of ether oxygens (including phenoxy) is 2. The summed E-state index contributed by atoms with van der Waals surface area (Å²) < 4.78 is 9.90. The van der Waals surface area contributed by atoms with Gasteiger partial charge in [0.05, 0.1) is 7.11 Å². The molecule has 0 heterocycles. The lowest BCUT2D eigenvalue weighted by atomic mass is 9.98. The van der Waals surface area contributed by atoms with Gasteiger partial charge < -0.3 is 9.47 Å². The van der Waals surface area contributed by atoms with Crippen LogP contribution in [-0.2, 0) is 19.2 Å². The van der Waals surface area contributed by atoms with Crippen LogP contribution in [0.4, 0.5) is 4.79 Å². The van der Waals surface area contributed by atoms with Crippen molar-refractivity contribution in [3.05, 3.63) is 0 Å². The monoisotopic (exact) mass is 218 g/mol. The van der Waals surface area contributed by atoms with Crippen molar-refractivity contribution in [3.63, 3.8) is 0 Å². The molecule has 1 unspecified atom stereocenters. The van der Waals surface area contributed by atoms with Crippen molar-refractivity contribution >= 4 is 6.16 Å². The fraction of sp³-hybridized carbons (Fsp3) is 0.900. The van der Waals surface area contributed by atoms with E-state index in [0.29, 0.717) is 0 Å². The lowest BCUT2D eigenvalue weighted by molar-refractivity contribution is -0.348. The summed E-state index contributed by atoms with van der Waals surface area (Å²) in [5, 5.41) is 0. The first-order valence-electron chi connectivity index (χ1n) is 5.29. The van der Waals surface area contributed by atoms with Crippen molar-refractivity contribution in [1.29, 1.82) is 0 Å². The highest BCUT2D eigenvalue weighted by Gasteiger charge is 2.20. The normalized spacial score (nSPS) is 19.6. The summed E-state index contributed by atoms with van der Waals surface area (Å²) >= 11 is 0. The summed E-state index contributed by atoms with van der Waals surface area (Å²) in [6.07, 6.45) is 3.87. The van der Waals surface area contributed by atoms with E-state index in [1.165, 1.54) is 13.5 Å². The molecule has 0 aromatic rings. The molecule has 0 saturated heterocycles. The Morgan fingerprint density at radius 1 is 1.27 bits per heavy atom. The molecule has 88 valence electrons. The standard InChI is InChI=1S/C10H18O5/c1-8(15-12-2)13-10(11)14-9-6-4-3-5-7-9/h8-9H,3-7H2,1-2H3. The van der Waals surface area contributed by atoms with E-state index in [2.05, 4.69) is 9.78 Å². The van der Waals surface area contributed by atoms with E-state index >= 15 is 0 Å². The number of carbonyl (C=O) groups excluding carboxylic acids is 1. The van der Waals surface area contributed by atoms with Crippen LogP contribution in [0.2, 0.25) is 0 Å². The Hall–Kier alpha value is -0.810. The summed E-state index contributed by atoms with van der Waals surface area (Å²) in [6, 6.07) is 0.